The van der Waals surface area contributed by atoms with E-state index in [1.807, 2.05) is 30.6 Å². The molecular formula is C17H23N5O. The first-order chi connectivity index (χ1) is 11.3. The second kappa shape index (κ2) is 8.01. The van der Waals surface area contributed by atoms with Gasteiger partial charge in [0.1, 0.15) is 0 Å². The van der Waals surface area contributed by atoms with E-state index >= 15 is 0 Å². The highest BCUT2D eigenvalue weighted by Gasteiger charge is 2.19. The molecule has 2 heterocycles. The van der Waals surface area contributed by atoms with Gasteiger partial charge in [0.2, 0.25) is 5.95 Å². The van der Waals surface area contributed by atoms with Gasteiger partial charge in [-0.25, -0.2) is 9.97 Å². The first-order valence-corrected chi connectivity index (χ1v) is 7.96. The van der Waals surface area contributed by atoms with Crippen LogP contribution in [-0.2, 0) is 17.8 Å². The SMILES string of the molecule is NC[C@@H]1CN(Cc2cnc(NCc3ccccc3)nc2)CCO1. The second-order valence-corrected chi connectivity index (χ2v) is 5.72. The number of aromatic nitrogens is 2. The lowest BCUT2D eigenvalue weighted by Gasteiger charge is -2.32. The molecule has 1 aliphatic heterocycles. The zero-order valence-corrected chi connectivity index (χ0v) is 13.2. The van der Waals surface area contributed by atoms with E-state index in [2.05, 4.69) is 32.3 Å². The van der Waals surface area contributed by atoms with Crippen LogP contribution < -0.4 is 11.1 Å². The van der Waals surface area contributed by atoms with E-state index in [0.29, 0.717) is 12.5 Å². The van der Waals surface area contributed by atoms with Crippen molar-refractivity contribution in [2.75, 3.05) is 31.6 Å². The molecule has 0 aliphatic carbocycles. The van der Waals surface area contributed by atoms with Gasteiger partial charge in [-0.15, -0.1) is 0 Å². The van der Waals surface area contributed by atoms with Gasteiger partial charge in [-0.05, 0) is 5.56 Å². The van der Waals surface area contributed by atoms with E-state index < -0.39 is 0 Å². The lowest BCUT2D eigenvalue weighted by molar-refractivity contribution is -0.0261. The fourth-order valence-electron chi connectivity index (χ4n) is 2.63. The van der Waals surface area contributed by atoms with Gasteiger partial charge in [0.15, 0.2) is 0 Å². The van der Waals surface area contributed by atoms with Crippen LogP contribution in [0.3, 0.4) is 0 Å². The lowest BCUT2D eigenvalue weighted by Crippen LogP contribution is -2.45. The Morgan fingerprint density at radius 1 is 1.17 bits per heavy atom. The summed E-state index contributed by atoms with van der Waals surface area (Å²) in [5.41, 5.74) is 7.99. The van der Waals surface area contributed by atoms with Gasteiger partial charge in [0, 0.05) is 50.7 Å². The van der Waals surface area contributed by atoms with Gasteiger partial charge in [0.05, 0.1) is 12.7 Å². The van der Waals surface area contributed by atoms with Crippen LogP contribution in [0.1, 0.15) is 11.1 Å². The lowest BCUT2D eigenvalue weighted by atomic mass is 10.2. The molecule has 1 aliphatic rings. The van der Waals surface area contributed by atoms with Gasteiger partial charge < -0.3 is 15.8 Å². The number of benzene rings is 1. The van der Waals surface area contributed by atoms with Gasteiger partial charge in [-0.3, -0.25) is 4.90 Å². The molecule has 6 nitrogen and oxygen atoms in total. The Bertz CT molecular complexity index is 590. The Morgan fingerprint density at radius 2 is 1.96 bits per heavy atom. The highest BCUT2D eigenvalue weighted by molar-refractivity contribution is 5.27. The molecular weight excluding hydrogens is 290 g/mol. The Kier molecular flexibility index (Phi) is 5.52. The maximum absolute atomic E-state index is 5.68. The predicted molar refractivity (Wildman–Crippen MR) is 89.9 cm³/mol. The third kappa shape index (κ3) is 4.72. The quantitative estimate of drug-likeness (QED) is 0.836. The number of rotatable bonds is 6. The molecule has 0 spiro atoms. The van der Waals surface area contributed by atoms with Crippen molar-refractivity contribution in [3.63, 3.8) is 0 Å². The van der Waals surface area contributed by atoms with Gasteiger partial charge >= 0.3 is 0 Å². The van der Waals surface area contributed by atoms with Crippen LogP contribution in [0.15, 0.2) is 42.7 Å². The molecule has 1 atom stereocenters. The third-order valence-corrected chi connectivity index (χ3v) is 3.89. The molecule has 1 fully saturated rings. The van der Waals surface area contributed by atoms with Crippen LogP contribution in [-0.4, -0.2) is 47.2 Å². The molecule has 1 aromatic carbocycles. The van der Waals surface area contributed by atoms with Gasteiger partial charge in [-0.2, -0.15) is 0 Å². The van der Waals surface area contributed by atoms with Crippen LogP contribution in [0.4, 0.5) is 5.95 Å². The van der Waals surface area contributed by atoms with Crippen LogP contribution in [0.2, 0.25) is 0 Å². The van der Waals surface area contributed by atoms with Gasteiger partial charge in [0.25, 0.3) is 0 Å². The highest BCUT2D eigenvalue weighted by Crippen LogP contribution is 2.10. The first kappa shape index (κ1) is 15.9. The maximum atomic E-state index is 5.68. The van der Waals surface area contributed by atoms with Crippen molar-refractivity contribution < 1.29 is 4.74 Å². The predicted octanol–water partition coefficient (Wildman–Crippen LogP) is 1.25. The van der Waals surface area contributed by atoms with E-state index in [4.69, 9.17) is 10.5 Å². The topological polar surface area (TPSA) is 76.3 Å². The van der Waals surface area contributed by atoms with Crippen molar-refractivity contribution in [1.82, 2.24) is 14.9 Å². The summed E-state index contributed by atoms with van der Waals surface area (Å²) < 4.78 is 5.58. The van der Waals surface area contributed by atoms with Crippen molar-refractivity contribution in [3.8, 4) is 0 Å². The van der Waals surface area contributed by atoms with Crippen LogP contribution in [0.25, 0.3) is 0 Å². The fourth-order valence-corrected chi connectivity index (χ4v) is 2.63. The molecule has 0 amide bonds. The molecule has 3 rings (SSSR count). The van der Waals surface area contributed by atoms with Crippen molar-refractivity contribution in [2.24, 2.45) is 5.73 Å². The zero-order chi connectivity index (χ0) is 15.9. The summed E-state index contributed by atoms with van der Waals surface area (Å²) in [4.78, 5) is 11.1. The average molecular weight is 313 g/mol. The number of anilines is 1. The standard InChI is InChI=1S/C17H23N5O/c18-8-16-13-22(6-7-23-16)12-15-10-20-17(21-11-15)19-9-14-4-2-1-3-5-14/h1-5,10-11,16H,6-9,12-13,18H2,(H,19,20,21)/t16-/m1/s1. The number of nitrogens with two attached hydrogens (primary N) is 1. The fraction of sp³-hybridized carbons (Fsp3) is 0.412. The molecule has 23 heavy (non-hydrogen) atoms. The molecule has 122 valence electrons. The molecule has 0 radical (unpaired) electrons. The van der Waals surface area contributed by atoms with Gasteiger partial charge in [-0.1, -0.05) is 30.3 Å². The summed E-state index contributed by atoms with van der Waals surface area (Å²) in [6.45, 7) is 4.64. The summed E-state index contributed by atoms with van der Waals surface area (Å²) in [7, 11) is 0. The molecule has 0 saturated carbocycles. The van der Waals surface area contributed by atoms with Crippen LogP contribution in [0.5, 0.6) is 0 Å². The molecule has 1 aromatic heterocycles. The normalized spacial score (nSPS) is 18.7. The van der Waals surface area contributed by atoms with Crippen molar-refractivity contribution >= 4 is 5.95 Å². The molecule has 1 saturated heterocycles. The molecule has 2 aromatic rings. The number of hydrogen-bond acceptors (Lipinski definition) is 6. The molecule has 6 heteroatoms. The minimum Gasteiger partial charge on any atom is -0.374 e. The Hall–Kier alpha value is -2.02. The van der Waals surface area contributed by atoms with E-state index in [9.17, 15) is 0 Å². The number of hydrogen-bond donors (Lipinski definition) is 2. The first-order valence-electron chi connectivity index (χ1n) is 7.96. The Labute approximate surface area is 136 Å². The van der Waals surface area contributed by atoms with Crippen molar-refractivity contribution in [2.45, 2.75) is 19.2 Å². The summed E-state index contributed by atoms with van der Waals surface area (Å²) in [6, 6.07) is 10.2. The molecule has 0 bridgehead atoms. The van der Waals surface area contributed by atoms with Crippen LogP contribution in [0, 0.1) is 0 Å². The smallest absolute Gasteiger partial charge is 0.222 e. The average Bonchev–Trinajstić information content (AvgIpc) is 2.62. The van der Waals surface area contributed by atoms with E-state index in [1.54, 1.807) is 0 Å². The third-order valence-electron chi connectivity index (χ3n) is 3.89. The summed E-state index contributed by atoms with van der Waals surface area (Å²) in [5, 5.41) is 3.24. The monoisotopic (exact) mass is 313 g/mol. The molecule has 0 unspecified atom stereocenters. The largest absolute Gasteiger partial charge is 0.374 e. The minimum atomic E-state index is 0.136. The van der Waals surface area contributed by atoms with Crippen molar-refractivity contribution in [3.05, 3.63) is 53.9 Å². The zero-order valence-electron chi connectivity index (χ0n) is 13.2. The van der Waals surface area contributed by atoms with E-state index in [1.165, 1.54) is 5.56 Å². The number of morpholine rings is 1. The Balaban J connectivity index is 1.51. The summed E-state index contributed by atoms with van der Waals surface area (Å²) in [6.07, 6.45) is 3.90. The number of ether oxygens (including phenoxy) is 1. The maximum Gasteiger partial charge on any atom is 0.222 e. The highest BCUT2D eigenvalue weighted by atomic mass is 16.5. The molecule has 3 N–H and O–H groups in total. The van der Waals surface area contributed by atoms with Crippen LogP contribution >= 0.6 is 0 Å². The van der Waals surface area contributed by atoms with E-state index in [-0.39, 0.29) is 6.10 Å². The summed E-state index contributed by atoms with van der Waals surface area (Å²) in [5.74, 6) is 0.652. The second-order valence-electron chi connectivity index (χ2n) is 5.72. The Morgan fingerprint density at radius 3 is 2.70 bits per heavy atom. The summed E-state index contributed by atoms with van der Waals surface area (Å²) >= 11 is 0. The van der Waals surface area contributed by atoms with Crippen molar-refractivity contribution in [1.29, 1.82) is 0 Å². The minimum absolute atomic E-state index is 0.136. The van der Waals surface area contributed by atoms with E-state index in [0.717, 1.165) is 38.3 Å². The number of nitrogens with one attached hydrogen (secondary N) is 1. The number of nitrogens with zero attached hydrogens (tertiary/aromatic N) is 3.